The van der Waals surface area contributed by atoms with Gasteiger partial charge in [-0.25, -0.2) is 9.98 Å². The number of hydrogen-bond donors (Lipinski definition) is 2. The third kappa shape index (κ3) is 3.77. The molecule has 140 valence electrons. The Morgan fingerprint density at radius 1 is 1.31 bits per heavy atom. The van der Waals surface area contributed by atoms with Crippen LogP contribution in [-0.2, 0) is 4.74 Å². The number of fused-ring (bicyclic) bond motifs is 3. The van der Waals surface area contributed by atoms with Crippen LogP contribution in [0.2, 0.25) is 0 Å². The third-order valence-electron chi connectivity index (χ3n) is 4.13. The van der Waals surface area contributed by atoms with Crippen molar-refractivity contribution < 1.29 is 9.84 Å². The van der Waals surface area contributed by atoms with E-state index in [1.165, 1.54) is 12.8 Å². The Hall–Kier alpha value is -2.68. The zero-order valence-electron chi connectivity index (χ0n) is 15.2. The summed E-state index contributed by atoms with van der Waals surface area (Å²) in [5.74, 6) is 0. The van der Waals surface area contributed by atoms with Crippen molar-refractivity contribution in [3.05, 3.63) is 24.8 Å². The van der Waals surface area contributed by atoms with Crippen LogP contribution in [0, 0.1) is 0 Å². The molecule has 0 saturated carbocycles. The lowest BCUT2D eigenvalue weighted by atomic mass is 10.4. The van der Waals surface area contributed by atoms with Crippen LogP contribution >= 0.6 is 0 Å². The summed E-state index contributed by atoms with van der Waals surface area (Å²) in [5, 5.41) is 16.5. The number of hydrogen-bond acceptors (Lipinski definition) is 7. The second kappa shape index (κ2) is 8.61. The first-order chi connectivity index (χ1) is 12.8. The molecule has 1 atom stereocenters. The molecule has 5 heterocycles. The number of aromatic nitrogens is 5. The smallest absolute Gasteiger partial charge is 0.287 e. The fourth-order valence-corrected chi connectivity index (χ4v) is 2.87. The SMILES string of the molecule is CC.OCC1COC(N2CCCC2)=N1.c1cc2c(ncc3nncn32)[nH]1. The lowest BCUT2D eigenvalue weighted by Crippen LogP contribution is -2.27. The average Bonchev–Trinajstić information content (AvgIpc) is 3.49. The van der Waals surface area contributed by atoms with E-state index in [4.69, 9.17) is 9.84 Å². The second-order valence-corrected chi connectivity index (χ2v) is 5.78. The average molecular weight is 359 g/mol. The van der Waals surface area contributed by atoms with Crippen molar-refractivity contribution in [2.45, 2.75) is 32.7 Å². The molecular weight excluding hydrogens is 334 g/mol. The van der Waals surface area contributed by atoms with Gasteiger partial charge in [0, 0.05) is 19.3 Å². The predicted octanol–water partition coefficient (Wildman–Crippen LogP) is 1.46. The molecule has 0 aromatic carbocycles. The molecule has 2 aliphatic heterocycles. The molecule has 1 unspecified atom stereocenters. The van der Waals surface area contributed by atoms with Gasteiger partial charge < -0.3 is 19.7 Å². The van der Waals surface area contributed by atoms with Gasteiger partial charge in [-0.1, -0.05) is 13.8 Å². The highest BCUT2D eigenvalue weighted by molar-refractivity contribution is 5.75. The molecule has 2 N–H and O–H groups in total. The molecule has 0 amide bonds. The van der Waals surface area contributed by atoms with Gasteiger partial charge in [-0.2, -0.15) is 0 Å². The maximum Gasteiger partial charge on any atom is 0.287 e. The first kappa shape index (κ1) is 18.1. The minimum Gasteiger partial charge on any atom is -0.463 e. The Labute approximate surface area is 151 Å². The zero-order chi connectivity index (χ0) is 18.4. The van der Waals surface area contributed by atoms with Crippen LogP contribution in [-0.4, -0.2) is 72.9 Å². The van der Waals surface area contributed by atoms with E-state index in [2.05, 4.69) is 30.1 Å². The quantitative estimate of drug-likeness (QED) is 0.682. The Bertz CT molecular complexity index is 801. The largest absolute Gasteiger partial charge is 0.463 e. The van der Waals surface area contributed by atoms with E-state index in [0.29, 0.717) is 6.61 Å². The van der Waals surface area contributed by atoms with Crippen molar-refractivity contribution in [3.8, 4) is 0 Å². The number of ether oxygens (including phenoxy) is 1. The number of aliphatic imine (C=N–C) groups is 1. The van der Waals surface area contributed by atoms with Crippen LogP contribution in [0.3, 0.4) is 0 Å². The van der Waals surface area contributed by atoms with Crippen molar-refractivity contribution in [1.82, 2.24) is 29.5 Å². The van der Waals surface area contributed by atoms with Crippen molar-refractivity contribution >= 4 is 22.8 Å². The highest BCUT2D eigenvalue weighted by Crippen LogP contribution is 2.14. The number of nitrogens with one attached hydrogen (secondary N) is 1. The zero-order valence-corrected chi connectivity index (χ0v) is 15.2. The van der Waals surface area contributed by atoms with Gasteiger partial charge in [0.1, 0.15) is 19.0 Å². The standard InChI is InChI=1S/C8H14N2O2.C7H5N5.C2H6/c11-5-7-6-12-8(9-7)10-3-1-2-4-10;1-2-8-7-5(1)12-4-10-11-6(12)3-9-7;1-2/h7,11H,1-6H2;1-4,8H;1-2H3. The highest BCUT2D eigenvalue weighted by atomic mass is 16.5. The Morgan fingerprint density at radius 3 is 2.85 bits per heavy atom. The monoisotopic (exact) mass is 359 g/mol. The summed E-state index contributed by atoms with van der Waals surface area (Å²) in [6.07, 6.45) is 7.66. The number of H-pyrrole nitrogens is 1. The molecule has 0 aliphatic carbocycles. The van der Waals surface area contributed by atoms with E-state index < -0.39 is 0 Å². The first-order valence-electron chi connectivity index (χ1n) is 9.03. The molecule has 1 saturated heterocycles. The lowest BCUT2D eigenvalue weighted by Gasteiger charge is -2.14. The van der Waals surface area contributed by atoms with Gasteiger partial charge in [0.25, 0.3) is 6.02 Å². The number of aromatic amines is 1. The van der Waals surface area contributed by atoms with Gasteiger partial charge in [0.15, 0.2) is 11.3 Å². The van der Waals surface area contributed by atoms with Crippen molar-refractivity contribution in [2.24, 2.45) is 4.99 Å². The molecule has 9 nitrogen and oxygen atoms in total. The van der Waals surface area contributed by atoms with Gasteiger partial charge in [0.05, 0.1) is 18.3 Å². The van der Waals surface area contributed by atoms with Gasteiger partial charge in [-0.3, -0.25) is 4.40 Å². The molecule has 3 aromatic rings. The van der Waals surface area contributed by atoms with Gasteiger partial charge in [-0.15, -0.1) is 10.2 Å². The van der Waals surface area contributed by atoms with E-state index in [1.807, 2.05) is 30.5 Å². The number of aliphatic hydroxyl groups excluding tert-OH is 1. The third-order valence-corrected chi connectivity index (χ3v) is 4.13. The Balaban J connectivity index is 0.000000138. The van der Waals surface area contributed by atoms with Crippen LogP contribution in [0.4, 0.5) is 0 Å². The molecule has 0 spiro atoms. The fourth-order valence-electron chi connectivity index (χ4n) is 2.87. The summed E-state index contributed by atoms with van der Waals surface area (Å²) >= 11 is 0. The topological polar surface area (TPSA) is 104 Å². The second-order valence-electron chi connectivity index (χ2n) is 5.78. The van der Waals surface area contributed by atoms with Gasteiger partial charge >= 0.3 is 0 Å². The minimum atomic E-state index is -0.0272. The van der Waals surface area contributed by atoms with Gasteiger partial charge in [0.2, 0.25) is 0 Å². The molecule has 2 aliphatic rings. The van der Waals surface area contributed by atoms with Crippen LogP contribution in [0.15, 0.2) is 29.8 Å². The molecule has 0 radical (unpaired) electrons. The highest BCUT2D eigenvalue weighted by Gasteiger charge is 2.24. The normalized spacial score (nSPS) is 18.8. The molecule has 1 fully saturated rings. The van der Waals surface area contributed by atoms with Crippen LogP contribution in [0.1, 0.15) is 26.7 Å². The number of amidine groups is 1. The van der Waals surface area contributed by atoms with Gasteiger partial charge in [-0.05, 0) is 18.9 Å². The number of nitrogens with zero attached hydrogens (tertiary/aromatic N) is 6. The van der Waals surface area contributed by atoms with Crippen LogP contribution in [0.25, 0.3) is 16.8 Å². The molecule has 3 aromatic heterocycles. The maximum absolute atomic E-state index is 8.82. The maximum atomic E-state index is 8.82. The number of rotatable bonds is 1. The molecule has 5 rings (SSSR count). The van der Waals surface area contributed by atoms with Crippen molar-refractivity contribution in [3.63, 3.8) is 0 Å². The van der Waals surface area contributed by atoms with E-state index in [-0.39, 0.29) is 12.6 Å². The fraction of sp³-hybridized carbons (Fsp3) is 0.529. The summed E-state index contributed by atoms with van der Waals surface area (Å²) in [6, 6.07) is 2.66. The predicted molar refractivity (Wildman–Crippen MR) is 99.1 cm³/mol. The summed E-state index contributed by atoms with van der Waals surface area (Å²) in [7, 11) is 0. The van der Waals surface area contributed by atoms with E-state index in [0.717, 1.165) is 35.9 Å². The number of likely N-dealkylation sites (tertiary alicyclic amines) is 1. The summed E-state index contributed by atoms with van der Waals surface area (Å²) < 4.78 is 7.24. The molecular formula is C17H25N7O2. The minimum absolute atomic E-state index is 0.0272. The van der Waals surface area contributed by atoms with E-state index in [9.17, 15) is 0 Å². The lowest BCUT2D eigenvalue weighted by molar-refractivity contribution is 0.215. The number of aliphatic hydroxyl groups is 1. The first-order valence-corrected chi connectivity index (χ1v) is 9.03. The van der Waals surface area contributed by atoms with E-state index >= 15 is 0 Å². The summed E-state index contributed by atoms with van der Waals surface area (Å²) in [5.41, 5.74) is 2.61. The van der Waals surface area contributed by atoms with Crippen LogP contribution < -0.4 is 0 Å². The van der Waals surface area contributed by atoms with Crippen molar-refractivity contribution in [1.29, 1.82) is 0 Å². The van der Waals surface area contributed by atoms with E-state index in [1.54, 1.807) is 12.5 Å². The Kier molecular flexibility index (Phi) is 6.00. The molecule has 0 bridgehead atoms. The summed E-state index contributed by atoms with van der Waals surface area (Å²) in [6.45, 7) is 6.74. The Morgan fingerprint density at radius 2 is 2.12 bits per heavy atom. The summed E-state index contributed by atoms with van der Waals surface area (Å²) in [4.78, 5) is 13.6. The molecule has 9 heteroatoms. The molecule has 26 heavy (non-hydrogen) atoms. The van der Waals surface area contributed by atoms with Crippen molar-refractivity contribution in [2.75, 3.05) is 26.3 Å². The van der Waals surface area contributed by atoms with Crippen LogP contribution in [0.5, 0.6) is 0 Å².